The molecule has 33 heavy (non-hydrogen) atoms. The van der Waals surface area contributed by atoms with Crippen LogP contribution in [0.4, 0.5) is 14.5 Å². The van der Waals surface area contributed by atoms with Gasteiger partial charge in [0.15, 0.2) is 0 Å². The zero-order valence-corrected chi connectivity index (χ0v) is 18.8. The highest BCUT2D eigenvalue weighted by molar-refractivity contribution is 7.91. The van der Waals surface area contributed by atoms with E-state index in [0.717, 1.165) is 17.2 Å². The van der Waals surface area contributed by atoms with Crippen LogP contribution in [0.25, 0.3) is 0 Å². The third-order valence-electron chi connectivity index (χ3n) is 4.88. The van der Waals surface area contributed by atoms with Crippen LogP contribution >= 0.6 is 0 Å². The van der Waals surface area contributed by atoms with Crippen molar-refractivity contribution in [1.82, 2.24) is 4.90 Å². The third-order valence-corrected chi connectivity index (χ3v) is 6.32. The molecule has 0 unspecified atom stereocenters. The highest BCUT2D eigenvalue weighted by atomic mass is 32.2. The molecule has 0 aromatic heterocycles. The Balaban J connectivity index is 1.78. The number of nitrogens with one attached hydrogen (secondary N) is 1. The number of methoxy groups -OCH3 is 1. The fourth-order valence-corrected chi connectivity index (χ4v) is 4.19. The molecule has 3 rings (SSSR count). The molecule has 1 N–H and O–H groups in total. The fourth-order valence-electron chi connectivity index (χ4n) is 3.31. The van der Waals surface area contributed by atoms with Gasteiger partial charge in [-0.25, -0.2) is 8.42 Å². The number of hydrogen-bond donors (Lipinski definition) is 1. The summed E-state index contributed by atoms with van der Waals surface area (Å²) < 4.78 is 55.2. The molecule has 0 saturated heterocycles. The number of hydrogen-bond acceptors (Lipinski definition) is 5. The van der Waals surface area contributed by atoms with Gasteiger partial charge >= 0.3 is 5.76 Å². The first kappa shape index (κ1) is 24.3. The van der Waals surface area contributed by atoms with Crippen LogP contribution in [0.3, 0.4) is 0 Å². The highest BCUT2D eigenvalue weighted by Crippen LogP contribution is 2.26. The van der Waals surface area contributed by atoms with E-state index in [1.165, 1.54) is 18.2 Å². The van der Waals surface area contributed by atoms with Gasteiger partial charge < -0.3 is 10.1 Å². The zero-order valence-electron chi connectivity index (χ0n) is 17.9. The molecule has 0 radical (unpaired) electrons. The predicted octanol–water partition coefficient (Wildman–Crippen LogP) is 4.33. The van der Waals surface area contributed by atoms with Gasteiger partial charge in [-0.05, 0) is 35.4 Å². The van der Waals surface area contributed by atoms with Crippen molar-refractivity contribution >= 4 is 21.4 Å². The minimum atomic E-state index is -4.86. The standard InChI is InChI=1S/C24H24F2N2O4S/c1-32-20-13-11-19(12-14-20)16-28(15-18-7-3-2-4-8-18)17-23(29)27-21-9-5-6-10-22(21)33(30,31)24(25)26/h2-14,24H,15-17H2,1H3,(H,27,29). The van der Waals surface area contributed by atoms with E-state index in [4.69, 9.17) is 4.74 Å². The number of alkyl halides is 2. The topological polar surface area (TPSA) is 75.7 Å². The molecule has 0 aliphatic carbocycles. The van der Waals surface area contributed by atoms with Crippen molar-refractivity contribution in [2.24, 2.45) is 0 Å². The van der Waals surface area contributed by atoms with Crippen LogP contribution in [-0.4, -0.2) is 38.6 Å². The smallest absolute Gasteiger partial charge is 0.341 e. The number of halogens is 2. The Morgan fingerprint density at radius 3 is 2.09 bits per heavy atom. The molecule has 0 aliphatic heterocycles. The van der Waals surface area contributed by atoms with Gasteiger partial charge in [-0.15, -0.1) is 0 Å². The van der Waals surface area contributed by atoms with Crippen LogP contribution in [-0.2, 0) is 27.7 Å². The molecule has 0 bridgehead atoms. The van der Waals surface area contributed by atoms with Crippen molar-refractivity contribution in [2.45, 2.75) is 23.7 Å². The van der Waals surface area contributed by atoms with Gasteiger partial charge in [-0.3, -0.25) is 9.69 Å². The molecule has 1 amide bonds. The number of anilines is 1. The average Bonchev–Trinajstić information content (AvgIpc) is 2.80. The van der Waals surface area contributed by atoms with Crippen molar-refractivity contribution in [3.8, 4) is 5.75 Å². The molecule has 3 aromatic carbocycles. The van der Waals surface area contributed by atoms with Gasteiger partial charge in [0.1, 0.15) is 5.75 Å². The van der Waals surface area contributed by atoms with E-state index >= 15 is 0 Å². The van der Waals surface area contributed by atoms with Gasteiger partial charge in [0.2, 0.25) is 15.7 Å². The maximum atomic E-state index is 13.0. The zero-order chi connectivity index (χ0) is 23.8. The summed E-state index contributed by atoms with van der Waals surface area (Å²) in [4.78, 5) is 14.1. The summed E-state index contributed by atoms with van der Waals surface area (Å²) in [5, 5.41) is 2.48. The lowest BCUT2D eigenvalue weighted by Gasteiger charge is -2.22. The normalized spacial score (nSPS) is 11.5. The quantitative estimate of drug-likeness (QED) is 0.473. The van der Waals surface area contributed by atoms with E-state index in [0.29, 0.717) is 18.8 Å². The molecule has 0 heterocycles. The Bertz CT molecular complexity index is 1170. The summed E-state index contributed by atoms with van der Waals surface area (Å²) in [5.74, 6) is -3.39. The van der Waals surface area contributed by atoms with Crippen LogP contribution < -0.4 is 10.1 Å². The summed E-state index contributed by atoms with van der Waals surface area (Å²) in [6.07, 6.45) is 0. The van der Waals surface area contributed by atoms with E-state index in [2.05, 4.69) is 5.32 Å². The molecule has 9 heteroatoms. The first-order valence-electron chi connectivity index (χ1n) is 10.1. The number of carbonyl (C=O) groups excluding carboxylic acids is 1. The number of amides is 1. The number of nitrogens with zero attached hydrogens (tertiary/aromatic N) is 1. The number of para-hydroxylation sites is 1. The number of benzene rings is 3. The molecular formula is C24H24F2N2O4S. The molecular weight excluding hydrogens is 450 g/mol. The Kier molecular flexibility index (Phi) is 8.13. The minimum Gasteiger partial charge on any atom is -0.497 e. The largest absolute Gasteiger partial charge is 0.497 e. The number of rotatable bonds is 10. The second-order valence-corrected chi connectivity index (χ2v) is 9.22. The Morgan fingerprint density at radius 1 is 0.909 bits per heavy atom. The van der Waals surface area contributed by atoms with E-state index < -0.39 is 26.4 Å². The Morgan fingerprint density at radius 2 is 1.48 bits per heavy atom. The van der Waals surface area contributed by atoms with E-state index in [1.54, 1.807) is 7.11 Å². The van der Waals surface area contributed by atoms with E-state index in [9.17, 15) is 22.0 Å². The number of ether oxygens (including phenoxy) is 1. The monoisotopic (exact) mass is 474 g/mol. The van der Waals surface area contributed by atoms with Crippen LogP contribution in [0.2, 0.25) is 0 Å². The van der Waals surface area contributed by atoms with Gasteiger partial charge in [-0.2, -0.15) is 8.78 Å². The molecule has 0 saturated carbocycles. The minimum absolute atomic E-state index is 0.0794. The van der Waals surface area contributed by atoms with Gasteiger partial charge in [-0.1, -0.05) is 54.6 Å². The average molecular weight is 475 g/mol. The summed E-state index contributed by atoms with van der Waals surface area (Å²) in [6.45, 7) is 0.810. The van der Waals surface area contributed by atoms with Crippen molar-refractivity contribution in [1.29, 1.82) is 0 Å². The maximum absolute atomic E-state index is 13.0. The molecule has 6 nitrogen and oxygen atoms in total. The SMILES string of the molecule is COc1ccc(CN(CC(=O)Nc2ccccc2S(=O)(=O)C(F)F)Cc2ccccc2)cc1. The summed E-state index contributed by atoms with van der Waals surface area (Å²) >= 11 is 0. The second-order valence-electron chi connectivity index (χ2n) is 7.33. The summed E-state index contributed by atoms with van der Waals surface area (Å²) in [6, 6.07) is 22.1. The first-order chi connectivity index (χ1) is 15.8. The van der Waals surface area contributed by atoms with Crippen molar-refractivity contribution in [3.05, 3.63) is 90.0 Å². The molecule has 0 fully saturated rings. The fraction of sp³-hybridized carbons (Fsp3) is 0.208. The second kappa shape index (κ2) is 11.0. The first-order valence-corrected chi connectivity index (χ1v) is 11.6. The summed E-state index contributed by atoms with van der Waals surface area (Å²) in [7, 11) is -3.28. The van der Waals surface area contributed by atoms with Gasteiger partial charge in [0.05, 0.1) is 24.2 Å². The predicted molar refractivity (Wildman–Crippen MR) is 122 cm³/mol. The Hall–Kier alpha value is -3.30. The van der Waals surface area contributed by atoms with E-state index in [1.807, 2.05) is 59.5 Å². The van der Waals surface area contributed by atoms with Crippen molar-refractivity contribution < 1.29 is 26.7 Å². The van der Waals surface area contributed by atoms with Crippen molar-refractivity contribution in [2.75, 3.05) is 19.0 Å². The lowest BCUT2D eigenvalue weighted by atomic mass is 10.1. The molecule has 0 aliphatic rings. The Labute approximate surface area is 191 Å². The third kappa shape index (κ3) is 6.59. The van der Waals surface area contributed by atoms with Crippen molar-refractivity contribution in [3.63, 3.8) is 0 Å². The number of sulfone groups is 1. The lowest BCUT2D eigenvalue weighted by molar-refractivity contribution is -0.117. The maximum Gasteiger partial charge on any atom is 0.341 e. The van der Waals surface area contributed by atoms with Gasteiger partial charge in [0, 0.05) is 13.1 Å². The lowest BCUT2D eigenvalue weighted by Crippen LogP contribution is -2.33. The van der Waals surface area contributed by atoms with Crippen LogP contribution in [0.1, 0.15) is 11.1 Å². The highest BCUT2D eigenvalue weighted by Gasteiger charge is 2.29. The molecule has 3 aromatic rings. The number of carbonyl (C=O) groups is 1. The molecule has 0 spiro atoms. The molecule has 174 valence electrons. The van der Waals surface area contributed by atoms with E-state index in [-0.39, 0.29) is 12.2 Å². The van der Waals surface area contributed by atoms with Crippen LogP contribution in [0.5, 0.6) is 5.75 Å². The van der Waals surface area contributed by atoms with Gasteiger partial charge in [0.25, 0.3) is 0 Å². The van der Waals surface area contributed by atoms with Crippen LogP contribution in [0, 0.1) is 0 Å². The summed E-state index contributed by atoms with van der Waals surface area (Å²) in [5.41, 5.74) is 1.76. The molecule has 0 atom stereocenters. The van der Waals surface area contributed by atoms with Crippen LogP contribution in [0.15, 0.2) is 83.8 Å².